The van der Waals surface area contributed by atoms with Crippen LogP contribution in [0.2, 0.25) is 0 Å². The van der Waals surface area contributed by atoms with Crippen molar-refractivity contribution >= 4 is 28.1 Å². The summed E-state index contributed by atoms with van der Waals surface area (Å²) in [5, 5.41) is 7.69. The summed E-state index contributed by atoms with van der Waals surface area (Å²) < 4.78 is 43.2. The molecule has 1 aliphatic carbocycles. The lowest BCUT2D eigenvalue weighted by Gasteiger charge is -2.17. The van der Waals surface area contributed by atoms with Crippen molar-refractivity contribution in [3.63, 3.8) is 0 Å². The van der Waals surface area contributed by atoms with Gasteiger partial charge in [-0.3, -0.25) is 9.78 Å². The van der Waals surface area contributed by atoms with E-state index in [2.05, 4.69) is 20.4 Å². The van der Waals surface area contributed by atoms with Crippen LogP contribution >= 0.6 is 11.3 Å². The highest BCUT2D eigenvalue weighted by Gasteiger charge is 2.37. The number of hydrogen-bond acceptors (Lipinski definition) is 6. The molecule has 7 nitrogen and oxygen atoms in total. The molecular weight excluding hydrogens is 453 g/mol. The number of nitrogens with one attached hydrogen (secondary N) is 1. The lowest BCUT2D eigenvalue weighted by Crippen LogP contribution is -2.14. The van der Waals surface area contributed by atoms with Gasteiger partial charge in [-0.1, -0.05) is 11.3 Å². The van der Waals surface area contributed by atoms with E-state index in [4.69, 9.17) is 5.73 Å². The second kappa shape index (κ2) is 7.69. The Hall–Kier alpha value is -3.73. The van der Waals surface area contributed by atoms with Gasteiger partial charge in [0.25, 0.3) is 0 Å². The first-order chi connectivity index (χ1) is 15.7. The zero-order chi connectivity index (χ0) is 23.3. The molecule has 3 N–H and O–H groups in total. The number of benzene rings is 1. The molecule has 0 bridgehead atoms. The highest BCUT2D eigenvalue weighted by Crippen LogP contribution is 2.45. The number of alkyl halides is 3. The molecule has 3 heterocycles. The Balaban J connectivity index is 1.80. The summed E-state index contributed by atoms with van der Waals surface area (Å²) in [5.41, 5.74) is 7.96. The predicted molar refractivity (Wildman–Crippen MR) is 119 cm³/mol. The van der Waals surface area contributed by atoms with Crippen molar-refractivity contribution in [1.29, 1.82) is 0 Å². The van der Waals surface area contributed by atoms with Crippen molar-refractivity contribution < 1.29 is 18.0 Å². The van der Waals surface area contributed by atoms with Gasteiger partial charge in [0.15, 0.2) is 5.13 Å². The quantitative estimate of drug-likeness (QED) is 0.423. The number of nitrogens with zero attached hydrogens (tertiary/aromatic N) is 4. The summed E-state index contributed by atoms with van der Waals surface area (Å²) in [6.07, 6.45) is -0.275. The molecule has 168 valence electrons. The Morgan fingerprint density at radius 1 is 1.24 bits per heavy atom. The van der Waals surface area contributed by atoms with E-state index in [-0.39, 0.29) is 17.3 Å². The van der Waals surface area contributed by atoms with Crippen LogP contribution in [0.3, 0.4) is 0 Å². The smallest absolute Gasteiger partial charge is 0.399 e. The molecule has 33 heavy (non-hydrogen) atoms. The monoisotopic (exact) mass is 470 g/mol. The van der Waals surface area contributed by atoms with Crippen molar-refractivity contribution in [2.75, 3.05) is 11.1 Å². The van der Waals surface area contributed by atoms with E-state index < -0.39 is 11.7 Å². The fourth-order valence-corrected chi connectivity index (χ4v) is 5.06. The number of fused-ring (bicyclic) bond motifs is 3. The highest BCUT2D eigenvalue weighted by molar-refractivity contribution is 7.19. The normalized spacial score (nSPS) is 12.8. The zero-order valence-corrected chi connectivity index (χ0v) is 18.1. The van der Waals surface area contributed by atoms with Crippen molar-refractivity contribution in [1.82, 2.24) is 19.7 Å². The maximum absolute atomic E-state index is 14.0. The first-order valence-electron chi connectivity index (χ1n) is 9.99. The van der Waals surface area contributed by atoms with Crippen LogP contribution in [0.1, 0.15) is 23.7 Å². The van der Waals surface area contributed by atoms with Crippen molar-refractivity contribution in [2.45, 2.75) is 25.9 Å². The number of halogens is 3. The van der Waals surface area contributed by atoms with E-state index >= 15 is 0 Å². The zero-order valence-electron chi connectivity index (χ0n) is 17.3. The van der Waals surface area contributed by atoms with E-state index in [1.165, 1.54) is 35.1 Å². The van der Waals surface area contributed by atoms with Crippen molar-refractivity contribution in [2.24, 2.45) is 0 Å². The van der Waals surface area contributed by atoms with Crippen LogP contribution < -0.4 is 11.1 Å². The molecule has 1 amide bonds. The standard InChI is InChI=1S/C22H17F3N6OS/c1-11(32)28-21-29-16-6-5-14-18(12-3-2-8-27-10-12)30-31(19(14)20(16)33-21)17-7-4-13(26)9-15(17)22(23,24)25/h2-4,7-10H,5-6,26H2,1H3,(H,28,29,32). The minimum absolute atomic E-state index is 0.00556. The van der Waals surface area contributed by atoms with Crippen LogP contribution in [0.4, 0.5) is 24.0 Å². The predicted octanol–water partition coefficient (Wildman–Crippen LogP) is 4.72. The van der Waals surface area contributed by atoms with Gasteiger partial charge in [-0.15, -0.1) is 0 Å². The number of hydrogen-bond donors (Lipinski definition) is 2. The number of thiazole rings is 1. The third-order valence-electron chi connectivity index (χ3n) is 5.28. The lowest BCUT2D eigenvalue weighted by molar-refractivity contribution is -0.137. The third-order valence-corrected chi connectivity index (χ3v) is 6.30. The molecule has 4 aromatic rings. The molecule has 0 fully saturated rings. The third kappa shape index (κ3) is 3.74. The fraction of sp³-hybridized carbons (Fsp3) is 0.182. The number of rotatable bonds is 3. The maximum Gasteiger partial charge on any atom is 0.418 e. The van der Waals surface area contributed by atoms with E-state index in [1.807, 2.05) is 6.07 Å². The number of carbonyl (C=O) groups is 1. The molecule has 11 heteroatoms. The molecule has 3 aromatic heterocycles. The summed E-state index contributed by atoms with van der Waals surface area (Å²) >= 11 is 1.21. The summed E-state index contributed by atoms with van der Waals surface area (Å²) in [4.78, 5) is 20.8. The number of nitrogens with two attached hydrogens (primary N) is 1. The molecule has 0 saturated carbocycles. The fourth-order valence-electron chi connectivity index (χ4n) is 3.95. The Bertz CT molecular complexity index is 1380. The molecule has 0 radical (unpaired) electrons. The van der Waals surface area contributed by atoms with Gasteiger partial charge in [0.05, 0.1) is 33.2 Å². The Morgan fingerprint density at radius 2 is 2.06 bits per heavy atom. The Morgan fingerprint density at radius 3 is 2.76 bits per heavy atom. The van der Waals surface area contributed by atoms with E-state index in [0.717, 1.165) is 11.6 Å². The van der Waals surface area contributed by atoms with Gasteiger partial charge in [-0.2, -0.15) is 18.3 Å². The van der Waals surface area contributed by atoms with E-state index in [1.54, 1.807) is 18.5 Å². The van der Waals surface area contributed by atoms with Crippen LogP contribution in [-0.4, -0.2) is 25.7 Å². The summed E-state index contributed by atoms with van der Waals surface area (Å²) in [6, 6.07) is 7.22. The molecule has 0 atom stereocenters. The van der Waals surface area contributed by atoms with Gasteiger partial charge >= 0.3 is 6.18 Å². The summed E-state index contributed by atoms with van der Waals surface area (Å²) in [6.45, 7) is 1.38. The van der Waals surface area contributed by atoms with Gasteiger partial charge in [0, 0.05) is 36.1 Å². The molecule has 0 aliphatic heterocycles. The molecule has 1 aliphatic rings. The number of amides is 1. The van der Waals surface area contributed by atoms with Crippen LogP contribution in [0.15, 0.2) is 42.7 Å². The lowest BCUT2D eigenvalue weighted by atomic mass is 9.95. The molecule has 0 unspecified atom stereocenters. The van der Waals surface area contributed by atoms with Crippen molar-refractivity contribution in [3.05, 3.63) is 59.5 Å². The van der Waals surface area contributed by atoms with Crippen LogP contribution in [0.25, 0.3) is 27.5 Å². The number of anilines is 2. The molecule has 0 spiro atoms. The van der Waals surface area contributed by atoms with E-state index in [0.29, 0.717) is 45.5 Å². The molecule has 1 aromatic carbocycles. The van der Waals surface area contributed by atoms with Crippen LogP contribution in [0.5, 0.6) is 0 Å². The second-order valence-corrected chi connectivity index (χ2v) is 8.58. The first kappa shape index (κ1) is 21.1. The first-order valence-corrected chi connectivity index (χ1v) is 10.8. The Labute approximate surface area is 190 Å². The number of carbonyl (C=O) groups excluding carboxylic acids is 1. The van der Waals surface area contributed by atoms with Crippen molar-refractivity contribution in [3.8, 4) is 27.5 Å². The van der Waals surface area contributed by atoms with Crippen LogP contribution in [-0.2, 0) is 23.8 Å². The number of nitrogen functional groups attached to an aromatic ring is 1. The second-order valence-electron chi connectivity index (χ2n) is 7.58. The van der Waals surface area contributed by atoms with Gasteiger partial charge in [-0.05, 0) is 43.2 Å². The SMILES string of the molecule is CC(=O)Nc1nc2c(s1)-c1c(c(-c3cccnc3)nn1-c1ccc(N)cc1C(F)(F)F)CC2. The van der Waals surface area contributed by atoms with E-state index in [9.17, 15) is 18.0 Å². The van der Waals surface area contributed by atoms with Gasteiger partial charge in [-0.25, -0.2) is 9.67 Å². The number of aromatic nitrogens is 4. The van der Waals surface area contributed by atoms with Gasteiger partial charge in [0.2, 0.25) is 5.91 Å². The highest BCUT2D eigenvalue weighted by atomic mass is 32.1. The minimum Gasteiger partial charge on any atom is -0.399 e. The number of pyridine rings is 1. The molecule has 0 saturated heterocycles. The summed E-state index contributed by atoms with van der Waals surface area (Å²) in [5.74, 6) is -0.274. The Kier molecular flexibility index (Phi) is 4.93. The van der Waals surface area contributed by atoms with Crippen LogP contribution in [0, 0.1) is 0 Å². The molecule has 5 rings (SSSR count). The number of aryl methyl sites for hydroxylation is 1. The topological polar surface area (TPSA) is 98.7 Å². The molecular formula is C22H17F3N6OS. The van der Waals surface area contributed by atoms with Gasteiger partial charge in [0.1, 0.15) is 0 Å². The summed E-state index contributed by atoms with van der Waals surface area (Å²) in [7, 11) is 0. The largest absolute Gasteiger partial charge is 0.418 e. The average molecular weight is 470 g/mol. The average Bonchev–Trinajstić information content (AvgIpc) is 3.34. The van der Waals surface area contributed by atoms with Gasteiger partial charge < -0.3 is 11.1 Å². The maximum atomic E-state index is 14.0. The minimum atomic E-state index is -4.63.